The van der Waals surface area contributed by atoms with Gasteiger partial charge in [0.1, 0.15) is 0 Å². The summed E-state index contributed by atoms with van der Waals surface area (Å²) in [7, 11) is 0. The fourth-order valence-electron chi connectivity index (χ4n) is 1.52. The number of nitrogens with one attached hydrogen (secondary N) is 1. The van der Waals surface area contributed by atoms with Crippen LogP contribution in [0.3, 0.4) is 0 Å². The van der Waals surface area contributed by atoms with Crippen molar-refractivity contribution in [1.29, 1.82) is 0 Å². The van der Waals surface area contributed by atoms with E-state index in [1.165, 1.54) is 0 Å². The summed E-state index contributed by atoms with van der Waals surface area (Å²) in [6.07, 6.45) is 7.32. The van der Waals surface area contributed by atoms with Gasteiger partial charge in [0.05, 0.1) is 0 Å². The molecule has 0 fully saturated rings. The van der Waals surface area contributed by atoms with Gasteiger partial charge < -0.3 is 5.32 Å². The molecule has 1 amide bonds. The van der Waals surface area contributed by atoms with Crippen LogP contribution in [0.1, 0.15) is 15.9 Å². The average molecular weight is 317 g/mol. The van der Waals surface area contributed by atoms with E-state index in [0.717, 1.165) is 10.0 Å². The Kier molecular flexibility index (Phi) is 4.86. The van der Waals surface area contributed by atoms with E-state index in [1.807, 2.05) is 36.4 Å². The Balaban J connectivity index is 1.84. The predicted octanol–water partition coefficient (Wildman–Crippen LogP) is 3.29. The van der Waals surface area contributed by atoms with Gasteiger partial charge in [0.25, 0.3) is 5.91 Å². The molecule has 0 atom stereocenters. The van der Waals surface area contributed by atoms with Gasteiger partial charge >= 0.3 is 0 Å². The van der Waals surface area contributed by atoms with Crippen LogP contribution in [0.5, 0.6) is 0 Å². The van der Waals surface area contributed by atoms with Crippen LogP contribution in [-0.2, 0) is 0 Å². The number of aromatic nitrogens is 1. The quantitative estimate of drug-likeness (QED) is 0.940. The van der Waals surface area contributed by atoms with Gasteiger partial charge in [-0.05, 0) is 35.9 Å². The number of hydrogen-bond acceptors (Lipinski definition) is 2. The number of pyridine rings is 1. The zero-order valence-electron chi connectivity index (χ0n) is 10.2. The third kappa shape index (κ3) is 4.34. The van der Waals surface area contributed by atoms with Crippen molar-refractivity contribution >= 4 is 27.9 Å². The maximum atomic E-state index is 11.8. The van der Waals surface area contributed by atoms with Crippen LogP contribution in [-0.4, -0.2) is 17.4 Å². The standard InChI is InChI=1S/C15H13BrN2O/c16-14-7-5-13(6-8-14)15(19)18-10-2-4-12-3-1-9-17-11-12/h1-9,11H,10H2,(H,18,19)/b4-2+. The molecule has 1 aromatic heterocycles. The Morgan fingerprint density at radius 3 is 2.74 bits per heavy atom. The number of nitrogens with zero attached hydrogens (tertiary/aromatic N) is 1. The molecule has 0 aliphatic rings. The van der Waals surface area contributed by atoms with Gasteiger partial charge in [-0.25, -0.2) is 0 Å². The molecule has 1 N–H and O–H groups in total. The summed E-state index contributed by atoms with van der Waals surface area (Å²) in [5.74, 6) is -0.0802. The van der Waals surface area contributed by atoms with Crippen molar-refractivity contribution in [2.24, 2.45) is 0 Å². The second-order valence-corrected chi connectivity index (χ2v) is 4.82. The van der Waals surface area contributed by atoms with Crippen molar-refractivity contribution in [3.05, 3.63) is 70.5 Å². The first-order valence-corrected chi connectivity index (χ1v) is 6.65. The molecule has 0 saturated carbocycles. The van der Waals surface area contributed by atoms with Crippen molar-refractivity contribution in [1.82, 2.24) is 10.3 Å². The summed E-state index contributed by atoms with van der Waals surface area (Å²) < 4.78 is 0.959. The Morgan fingerprint density at radius 2 is 2.05 bits per heavy atom. The number of hydrogen-bond donors (Lipinski definition) is 1. The summed E-state index contributed by atoms with van der Waals surface area (Å²) in [6, 6.07) is 11.1. The molecule has 2 rings (SSSR count). The molecule has 0 spiro atoms. The predicted molar refractivity (Wildman–Crippen MR) is 79.7 cm³/mol. The first kappa shape index (κ1) is 13.5. The second kappa shape index (κ2) is 6.85. The van der Waals surface area contributed by atoms with Gasteiger partial charge in [-0.1, -0.05) is 34.1 Å². The molecule has 0 radical (unpaired) electrons. The minimum Gasteiger partial charge on any atom is -0.349 e. The van der Waals surface area contributed by atoms with Crippen molar-refractivity contribution in [3.8, 4) is 0 Å². The van der Waals surface area contributed by atoms with Gasteiger partial charge in [0, 0.05) is 29.0 Å². The zero-order valence-corrected chi connectivity index (χ0v) is 11.8. The third-order valence-electron chi connectivity index (χ3n) is 2.48. The molecule has 3 nitrogen and oxygen atoms in total. The van der Waals surface area contributed by atoms with Crippen LogP contribution in [0.4, 0.5) is 0 Å². The lowest BCUT2D eigenvalue weighted by molar-refractivity contribution is 0.0958. The fourth-order valence-corrected chi connectivity index (χ4v) is 1.79. The average Bonchev–Trinajstić information content (AvgIpc) is 2.45. The van der Waals surface area contributed by atoms with Crippen molar-refractivity contribution in [3.63, 3.8) is 0 Å². The Morgan fingerprint density at radius 1 is 1.26 bits per heavy atom. The molecule has 1 aromatic carbocycles. The topological polar surface area (TPSA) is 42.0 Å². The maximum absolute atomic E-state index is 11.8. The summed E-state index contributed by atoms with van der Waals surface area (Å²) in [5, 5.41) is 2.83. The lowest BCUT2D eigenvalue weighted by atomic mass is 10.2. The first-order chi connectivity index (χ1) is 9.25. The molecule has 19 heavy (non-hydrogen) atoms. The van der Waals surface area contributed by atoms with Crippen LogP contribution in [0.25, 0.3) is 6.08 Å². The van der Waals surface area contributed by atoms with Gasteiger partial charge in [-0.3, -0.25) is 9.78 Å². The first-order valence-electron chi connectivity index (χ1n) is 5.86. The highest BCUT2D eigenvalue weighted by Crippen LogP contribution is 2.10. The lowest BCUT2D eigenvalue weighted by Gasteiger charge is -2.02. The highest BCUT2D eigenvalue weighted by atomic mass is 79.9. The van der Waals surface area contributed by atoms with Crippen LogP contribution >= 0.6 is 15.9 Å². The van der Waals surface area contributed by atoms with Crippen molar-refractivity contribution < 1.29 is 4.79 Å². The smallest absolute Gasteiger partial charge is 0.251 e. The molecule has 2 aromatic rings. The monoisotopic (exact) mass is 316 g/mol. The van der Waals surface area contributed by atoms with E-state index in [1.54, 1.807) is 24.5 Å². The summed E-state index contributed by atoms with van der Waals surface area (Å²) in [4.78, 5) is 15.8. The maximum Gasteiger partial charge on any atom is 0.251 e. The molecular formula is C15H13BrN2O. The van der Waals surface area contributed by atoms with E-state index in [2.05, 4.69) is 26.2 Å². The van der Waals surface area contributed by atoms with Gasteiger partial charge in [-0.15, -0.1) is 0 Å². The highest BCUT2D eigenvalue weighted by molar-refractivity contribution is 9.10. The summed E-state index contributed by atoms with van der Waals surface area (Å²) in [6.45, 7) is 0.490. The van der Waals surface area contributed by atoms with Crippen molar-refractivity contribution in [2.45, 2.75) is 0 Å². The number of carbonyl (C=O) groups is 1. The van der Waals surface area contributed by atoms with Crippen LogP contribution in [0, 0.1) is 0 Å². The molecule has 1 heterocycles. The molecule has 0 aliphatic carbocycles. The minimum atomic E-state index is -0.0802. The van der Waals surface area contributed by atoms with E-state index in [0.29, 0.717) is 12.1 Å². The summed E-state index contributed by atoms with van der Waals surface area (Å²) >= 11 is 3.34. The lowest BCUT2D eigenvalue weighted by Crippen LogP contribution is -2.23. The van der Waals surface area contributed by atoms with E-state index in [4.69, 9.17) is 0 Å². The molecule has 0 bridgehead atoms. The number of halogens is 1. The number of benzene rings is 1. The van der Waals surface area contributed by atoms with Crippen LogP contribution < -0.4 is 5.32 Å². The highest BCUT2D eigenvalue weighted by Gasteiger charge is 2.02. The third-order valence-corrected chi connectivity index (χ3v) is 3.01. The number of amides is 1. The largest absolute Gasteiger partial charge is 0.349 e. The second-order valence-electron chi connectivity index (χ2n) is 3.91. The Bertz CT molecular complexity index is 564. The Labute approximate surface area is 120 Å². The van der Waals surface area contributed by atoms with E-state index in [9.17, 15) is 4.79 Å². The molecule has 0 aliphatic heterocycles. The van der Waals surface area contributed by atoms with Crippen molar-refractivity contribution in [2.75, 3.05) is 6.54 Å². The summed E-state index contributed by atoms with van der Waals surface area (Å²) in [5.41, 5.74) is 1.67. The fraction of sp³-hybridized carbons (Fsp3) is 0.0667. The van der Waals surface area contributed by atoms with Crippen LogP contribution in [0.2, 0.25) is 0 Å². The number of rotatable bonds is 4. The number of carbonyl (C=O) groups excluding carboxylic acids is 1. The van der Waals surface area contributed by atoms with Gasteiger partial charge in [-0.2, -0.15) is 0 Å². The molecule has 0 unspecified atom stereocenters. The van der Waals surface area contributed by atoms with E-state index >= 15 is 0 Å². The molecule has 96 valence electrons. The van der Waals surface area contributed by atoms with Crippen LogP contribution in [0.15, 0.2) is 59.3 Å². The molecular weight excluding hydrogens is 304 g/mol. The zero-order chi connectivity index (χ0) is 13.5. The molecule has 4 heteroatoms. The van der Waals surface area contributed by atoms with E-state index in [-0.39, 0.29) is 5.91 Å². The molecule has 0 saturated heterocycles. The van der Waals surface area contributed by atoms with Gasteiger partial charge in [0.15, 0.2) is 0 Å². The Hall–Kier alpha value is -1.94. The van der Waals surface area contributed by atoms with Gasteiger partial charge in [0.2, 0.25) is 0 Å². The SMILES string of the molecule is O=C(NC/C=C/c1cccnc1)c1ccc(Br)cc1. The van der Waals surface area contributed by atoms with E-state index < -0.39 is 0 Å². The normalized spacial score (nSPS) is 10.6. The minimum absolute atomic E-state index is 0.0802.